The average Bonchev–Trinajstić information content (AvgIpc) is 1.95. The van der Waals surface area contributed by atoms with Crippen LogP contribution in [-0.2, 0) is 9.30 Å². The van der Waals surface area contributed by atoms with E-state index in [2.05, 4.69) is 6.92 Å². The van der Waals surface area contributed by atoms with Crippen molar-refractivity contribution in [3.8, 4) is 0 Å². The van der Waals surface area contributed by atoms with Gasteiger partial charge >= 0.3 is 7.82 Å². The fraction of sp³-hybridized carbons (Fsp3) is 1.00. The highest BCUT2D eigenvalue weighted by molar-refractivity contribution is 7.45. The van der Waals surface area contributed by atoms with Crippen LogP contribution in [0.1, 0.15) is 19.8 Å². The molecular formula is C6H16ClO5P. The van der Waals surface area contributed by atoms with Crippen LogP contribution in [0.25, 0.3) is 0 Å². The zero-order valence-corrected chi connectivity index (χ0v) is 9.17. The number of halogens is 1. The molecule has 0 saturated heterocycles. The van der Waals surface area contributed by atoms with Gasteiger partial charge < -0.3 is 19.4 Å². The van der Waals surface area contributed by atoms with Crippen molar-refractivity contribution in [2.75, 3.05) is 19.1 Å². The topological polar surface area (TPSA) is 87.0 Å². The largest absolute Gasteiger partial charge is 0.466 e. The minimum atomic E-state index is -4.64. The number of phosphoric acid groups is 1. The van der Waals surface area contributed by atoms with Gasteiger partial charge in [0.05, 0.1) is 6.61 Å². The molecule has 0 amide bonds. The Bertz CT molecular complexity index is 123. The Hall–Kier alpha value is 0.360. The molecule has 0 aliphatic carbocycles. The monoisotopic (exact) mass is 234 g/mol. The molecule has 0 spiro atoms. The lowest BCUT2D eigenvalue weighted by Gasteiger charge is -1.96. The Morgan fingerprint density at radius 3 is 2.08 bits per heavy atom. The summed E-state index contributed by atoms with van der Waals surface area (Å²) in [6, 6.07) is 0. The smallest absolute Gasteiger partial charge is 0.380 e. The predicted molar refractivity (Wildman–Crippen MR) is 50.7 cm³/mol. The Balaban J connectivity index is 0. The molecule has 0 fully saturated rings. The summed E-state index contributed by atoms with van der Waals surface area (Å²) in [5.41, 5.74) is 0. The van der Waals surface area contributed by atoms with Gasteiger partial charge in [-0.25, -0.2) is 4.57 Å². The molecule has 5 nitrogen and oxygen atoms in total. The van der Waals surface area contributed by atoms with E-state index in [0.717, 1.165) is 13.0 Å². The molecule has 0 atom stereocenters. The van der Waals surface area contributed by atoms with Crippen molar-refractivity contribution in [3.63, 3.8) is 0 Å². The van der Waals surface area contributed by atoms with Crippen molar-refractivity contribution >= 4 is 19.4 Å². The second-order valence-corrected chi connectivity index (χ2v) is 3.57. The van der Waals surface area contributed by atoms with Crippen LogP contribution in [0.4, 0.5) is 0 Å². The summed E-state index contributed by atoms with van der Waals surface area (Å²) < 4.78 is 14.0. The van der Waals surface area contributed by atoms with Gasteiger partial charge in [0, 0.05) is 12.5 Å². The zero-order chi connectivity index (χ0) is 10.7. The first-order valence-electron chi connectivity index (χ1n) is 3.83. The predicted octanol–water partition coefficient (Wildman–Crippen LogP) is 1.11. The lowest BCUT2D eigenvalue weighted by Crippen LogP contribution is -1.96. The third kappa shape index (κ3) is 46.2. The number of hydrogen-bond acceptors (Lipinski definition) is 2. The lowest BCUT2D eigenvalue weighted by atomic mass is 10.4. The van der Waals surface area contributed by atoms with Crippen LogP contribution >= 0.6 is 19.4 Å². The van der Waals surface area contributed by atoms with E-state index in [0.29, 0.717) is 12.5 Å². The molecule has 7 heteroatoms. The van der Waals surface area contributed by atoms with Gasteiger partial charge in [0.25, 0.3) is 0 Å². The van der Waals surface area contributed by atoms with Crippen molar-refractivity contribution in [1.29, 1.82) is 0 Å². The molecule has 0 aromatic heterocycles. The van der Waals surface area contributed by atoms with Crippen LogP contribution in [-0.4, -0.2) is 33.8 Å². The summed E-state index contributed by atoms with van der Waals surface area (Å²) in [5, 5.41) is 0. The quantitative estimate of drug-likeness (QED) is 0.377. The van der Waals surface area contributed by atoms with Crippen molar-refractivity contribution < 1.29 is 24.0 Å². The zero-order valence-electron chi connectivity index (χ0n) is 7.52. The highest BCUT2D eigenvalue weighted by Crippen LogP contribution is 2.25. The maximum atomic E-state index is 8.88. The maximum absolute atomic E-state index is 8.88. The molecule has 0 bridgehead atoms. The van der Waals surface area contributed by atoms with E-state index in [9.17, 15) is 0 Å². The van der Waals surface area contributed by atoms with Crippen molar-refractivity contribution in [2.45, 2.75) is 19.8 Å². The van der Waals surface area contributed by atoms with E-state index in [1.807, 2.05) is 0 Å². The van der Waals surface area contributed by atoms with Crippen LogP contribution in [0.3, 0.4) is 0 Å². The maximum Gasteiger partial charge on any atom is 0.466 e. The summed E-state index contributed by atoms with van der Waals surface area (Å²) in [5.74, 6) is 0.615. The Morgan fingerprint density at radius 1 is 1.31 bits per heavy atom. The third-order valence-electron chi connectivity index (χ3n) is 0.864. The van der Waals surface area contributed by atoms with Gasteiger partial charge in [0.1, 0.15) is 0 Å². The van der Waals surface area contributed by atoms with Crippen molar-refractivity contribution in [1.82, 2.24) is 0 Å². The molecule has 0 heterocycles. The van der Waals surface area contributed by atoms with E-state index in [4.69, 9.17) is 35.6 Å². The van der Waals surface area contributed by atoms with E-state index in [1.54, 1.807) is 0 Å². The lowest BCUT2D eigenvalue weighted by molar-refractivity contribution is 0.146. The van der Waals surface area contributed by atoms with Crippen molar-refractivity contribution in [3.05, 3.63) is 0 Å². The summed E-state index contributed by atoms with van der Waals surface area (Å²) in [6.45, 7) is 3.70. The van der Waals surface area contributed by atoms with Gasteiger partial charge in [-0.2, -0.15) is 0 Å². The first kappa shape index (κ1) is 15.8. The summed E-state index contributed by atoms with van der Waals surface area (Å²) in [7, 11) is -4.64. The Labute approximate surface area is 82.9 Å². The molecule has 0 unspecified atom stereocenters. The molecule has 0 aromatic rings. The fourth-order valence-electron chi connectivity index (χ4n) is 0.403. The van der Waals surface area contributed by atoms with Gasteiger partial charge in [-0.15, -0.1) is 11.6 Å². The number of hydrogen-bond donors (Lipinski definition) is 3. The standard InChI is InChI=1S/C6H13ClO.H3O4P/c1-2-3-5-8-6-4-7;1-5(2,3)4/h2-6H2,1H3;(H3,1,2,3,4). The summed E-state index contributed by atoms with van der Waals surface area (Å²) in [6.07, 6.45) is 2.35. The van der Waals surface area contributed by atoms with E-state index < -0.39 is 7.82 Å². The molecule has 0 aliphatic rings. The van der Waals surface area contributed by atoms with Gasteiger partial charge in [-0.3, -0.25) is 0 Å². The third-order valence-corrected chi connectivity index (χ3v) is 1.02. The van der Waals surface area contributed by atoms with E-state index in [-0.39, 0.29) is 0 Å². The van der Waals surface area contributed by atoms with Gasteiger partial charge in [0.15, 0.2) is 0 Å². The van der Waals surface area contributed by atoms with Gasteiger partial charge in [-0.05, 0) is 6.42 Å². The second-order valence-electron chi connectivity index (χ2n) is 2.17. The molecule has 82 valence electrons. The van der Waals surface area contributed by atoms with Crippen molar-refractivity contribution in [2.24, 2.45) is 0 Å². The fourth-order valence-corrected chi connectivity index (χ4v) is 0.512. The molecule has 3 N–H and O–H groups in total. The van der Waals surface area contributed by atoms with Crippen LogP contribution in [0.15, 0.2) is 0 Å². The van der Waals surface area contributed by atoms with E-state index in [1.165, 1.54) is 6.42 Å². The van der Waals surface area contributed by atoms with Crippen LogP contribution in [0.5, 0.6) is 0 Å². The highest BCUT2D eigenvalue weighted by atomic mass is 35.5. The Morgan fingerprint density at radius 2 is 1.77 bits per heavy atom. The molecular weight excluding hydrogens is 218 g/mol. The first-order chi connectivity index (χ1) is 5.91. The van der Waals surface area contributed by atoms with Gasteiger partial charge in [-0.1, -0.05) is 13.3 Å². The number of ether oxygens (including phenoxy) is 1. The summed E-state index contributed by atoms with van der Waals surface area (Å²) >= 11 is 5.36. The van der Waals surface area contributed by atoms with Crippen LogP contribution in [0, 0.1) is 0 Å². The minimum Gasteiger partial charge on any atom is -0.380 e. The number of unbranched alkanes of at least 4 members (excludes halogenated alkanes) is 1. The molecule has 0 radical (unpaired) electrons. The molecule has 0 aliphatic heterocycles. The Kier molecular flexibility index (Phi) is 12.7. The second kappa shape index (κ2) is 10.4. The normalized spacial score (nSPS) is 10.5. The highest BCUT2D eigenvalue weighted by Gasteiger charge is 2.00. The average molecular weight is 235 g/mol. The molecule has 13 heavy (non-hydrogen) atoms. The molecule has 0 aromatic carbocycles. The first-order valence-corrected chi connectivity index (χ1v) is 5.93. The van der Waals surface area contributed by atoms with E-state index >= 15 is 0 Å². The molecule has 0 rings (SSSR count). The van der Waals surface area contributed by atoms with Crippen LogP contribution < -0.4 is 0 Å². The van der Waals surface area contributed by atoms with Gasteiger partial charge in [0.2, 0.25) is 0 Å². The number of rotatable bonds is 5. The number of alkyl halides is 1. The van der Waals surface area contributed by atoms with Crippen LogP contribution in [0.2, 0.25) is 0 Å². The minimum absolute atomic E-state index is 0.615. The summed E-state index contributed by atoms with van der Waals surface area (Å²) in [4.78, 5) is 21.6. The SMILES string of the molecule is CCCCOCCCl.O=P(O)(O)O. The molecule has 0 saturated carbocycles.